The third kappa shape index (κ3) is 3.80. The number of aromatic nitrogens is 4. The standard InChI is InChI=1S/C25H22N6O3/c1-15-14-26-29-21(15)17-6-7-20-19(13-17)22(30-28-20)23(32)27-18-5-3-4-16(12-18)8-9-25(34)10-11-31(2)24(25)33/h3-7,12-14,34H,10-11H2,1-2H3,(H,26,29)(H,27,32)(H,28,30)/t25-/m0/s1. The molecule has 0 unspecified atom stereocenters. The van der Waals surface area contributed by atoms with Crippen molar-refractivity contribution in [2.45, 2.75) is 18.9 Å². The van der Waals surface area contributed by atoms with Gasteiger partial charge >= 0.3 is 0 Å². The van der Waals surface area contributed by atoms with E-state index in [2.05, 4.69) is 37.6 Å². The predicted octanol–water partition coefficient (Wildman–Crippen LogP) is 2.46. The number of aliphatic hydroxyl groups is 1. The van der Waals surface area contributed by atoms with E-state index < -0.39 is 11.5 Å². The molecule has 2 amide bonds. The van der Waals surface area contributed by atoms with E-state index in [1.54, 1.807) is 31.3 Å². The first-order chi connectivity index (χ1) is 16.3. The van der Waals surface area contributed by atoms with E-state index in [1.807, 2.05) is 31.3 Å². The summed E-state index contributed by atoms with van der Waals surface area (Å²) in [6.07, 6.45) is 2.08. The van der Waals surface area contributed by atoms with Gasteiger partial charge in [-0.25, -0.2) is 0 Å². The number of carbonyl (C=O) groups is 2. The number of nitrogens with zero attached hydrogens (tertiary/aromatic N) is 3. The van der Waals surface area contributed by atoms with Crippen molar-refractivity contribution in [3.63, 3.8) is 0 Å². The Labute approximate surface area is 195 Å². The number of aryl methyl sites for hydroxylation is 1. The fraction of sp³-hybridized carbons (Fsp3) is 0.200. The lowest BCUT2D eigenvalue weighted by atomic mass is 10.0. The summed E-state index contributed by atoms with van der Waals surface area (Å²) >= 11 is 0. The molecule has 0 spiro atoms. The average Bonchev–Trinajstić information content (AvgIpc) is 3.52. The quantitative estimate of drug-likeness (QED) is 0.354. The molecule has 3 heterocycles. The molecule has 1 aliphatic rings. The van der Waals surface area contributed by atoms with E-state index in [0.717, 1.165) is 22.3 Å². The molecule has 0 bridgehead atoms. The van der Waals surface area contributed by atoms with Crippen LogP contribution in [0.15, 0.2) is 48.7 Å². The zero-order valence-corrected chi connectivity index (χ0v) is 18.6. The number of likely N-dealkylation sites (tertiary alicyclic amines) is 1. The van der Waals surface area contributed by atoms with Crippen LogP contribution < -0.4 is 5.32 Å². The number of carbonyl (C=O) groups excluding carboxylic acids is 2. The van der Waals surface area contributed by atoms with Gasteiger partial charge in [-0.05, 0) is 42.8 Å². The first-order valence-corrected chi connectivity index (χ1v) is 10.8. The highest BCUT2D eigenvalue weighted by molar-refractivity contribution is 6.11. The van der Waals surface area contributed by atoms with Crippen LogP contribution >= 0.6 is 0 Å². The van der Waals surface area contributed by atoms with Gasteiger partial charge in [-0.15, -0.1) is 0 Å². The second-order valence-corrected chi connectivity index (χ2v) is 8.37. The van der Waals surface area contributed by atoms with Gasteiger partial charge in [0.15, 0.2) is 5.69 Å². The average molecular weight is 454 g/mol. The number of anilines is 1. The largest absolute Gasteiger partial charge is 0.369 e. The summed E-state index contributed by atoms with van der Waals surface area (Å²) in [7, 11) is 1.63. The fourth-order valence-electron chi connectivity index (χ4n) is 3.99. The molecule has 9 heteroatoms. The van der Waals surface area contributed by atoms with E-state index in [1.165, 1.54) is 4.90 Å². The monoisotopic (exact) mass is 454 g/mol. The Kier molecular flexibility index (Phi) is 5.15. The third-order valence-corrected chi connectivity index (χ3v) is 5.93. The lowest BCUT2D eigenvalue weighted by Gasteiger charge is -2.13. The maximum absolute atomic E-state index is 13.0. The van der Waals surface area contributed by atoms with Crippen molar-refractivity contribution < 1.29 is 14.7 Å². The molecule has 2 aromatic carbocycles. The topological polar surface area (TPSA) is 127 Å². The van der Waals surface area contributed by atoms with Gasteiger partial charge < -0.3 is 15.3 Å². The molecular formula is C25H22N6O3. The van der Waals surface area contributed by atoms with Crippen LogP contribution in [0.2, 0.25) is 0 Å². The Morgan fingerprint density at radius 3 is 2.82 bits per heavy atom. The van der Waals surface area contributed by atoms with E-state index in [4.69, 9.17) is 0 Å². The maximum atomic E-state index is 13.0. The molecule has 0 radical (unpaired) electrons. The highest BCUT2D eigenvalue weighted by Crippen LogP contribution is 2.26. The van der Waals surface area contributed by atoms with Crippen molar-refractivity contribution in [2.24, 2.45) is 0 Å². The molecule has 1 aliphatic heterocycles. The second kappa shape index (κ2) is 8.17. The van der Waals surface area contributed by atoms with Gasteiger partial charge in [-0.3, -0.25) is 19.8 Å². The first-order valence-electron chi connectivity index (χ1n) is 10.8. The number of likely N-dealkylation sites (N-methyl/N-ethyl adjacent to an activating group) is 1. The molecular weight excluding hydrogens is 432 g/mol. The zero-order valence-electron chi connectivity index (χ0n) is 18.6. The van der Waals surface area contributed by atoms with E-state index in [-0.39, 0.29) is 18.0 Å². The molecule has 0 saturated carbocycles. The highest BCUT2D eigenvalue weighted by Gasteiger charge is 2.42. The van der Waals surface area contributed by atoms with Crippen LogP contribution in [-0.2, 0) is 4.79 Å². The molecule has 4 N–H and O–H groups in total. The number of fused-ring (bicyclic) bond motifs is 1. The Balaban J connectivity index is 1.39. The minimum absolute atomic E-state index is 0.260. The summed E-state index contributed by atoms with van der Waals surface area (Å²) in [5.74, 6) is 4.76. The number of hydrogen-bond donors (Lipinski definition) is 4. The van der Waals surface area contributed by atoms with Gasteiger partial charge in [-0.1, -0.05) is 24.0 Å². The molecule has 34 heavy (non-hydrogen) atoms. The third-order valence-electron chi connectivity index (χ3n) is 5.93. The number of H-pyrrole nitrogens is 2. The summed E-state index contributed by atoms with van der Waals surface area (Å²) in [6.45, 7) is 2.42. The lowest BCUT2D eigenvalue weighted by molar-refractivity contribution is -0.137. The number of benzene rings is 2. The van der Waals surface area contributed by atoms with E-state index >= 15 is 0 Å². The smallest absolute Gasteiger partial charge is 0.276 e. The van der Waals surface area contributed by atoms with E-state index in [0.29, 0.717) is 23.2 Å². The summed E-state index contributed by atoms with van der Waals surface area (Å²) in [5, 5.41) is 28.2. The van der Waals surface area contributed by atoms with Gasteiger partial charge in [0.25, 0.3) is 11.8 Å². The molecule has 170 valence electrons. The van der Waals surface area contributed by atoms with Gasteiger partial charge in [0.2, 0.25) is 5.60 Å². The minimum Gasteiger partial charge on any atom is -0.369 e. The maximum Gasteiger partial charge on any atom is 0.276 e. The summed E-state index contributed by atoms with van der Waals surface area (Å²) in [6, 6.07) is 12.6. The Morgan fingerprint density at radius 1 is 1.24 bits per heavy atom. The predicted molar refractivity (Wildman–Crippen MR) is 127 cm³/mol. The SMILES string of the molecule is Cc1c[nH]nc1-c1ccc2[nH]nc(C(=O)Nc3cccc(C#C[C@]4(O)CCN(C)C4=O)c3)c2c1. The number of rotatable bonds is 3. The summed E-state index contributed by atoms with van der Waals surface area (Å²) in [5.41, 5.74) is 3.11. The van der Waals surface area contributed by atoms with Crippen molar-refractivity contribution in [3.8, 4) is 23.1 Å². The van der Waals surface area contributed by atoms with Crippen LogP contribution in [0.25, 0.3) is 22.2 Å². The Morgan fingerprint density at radius 2 is 2.09 bits per heavy atom. The summed E-state index contributed by atoms with van der Waals surface area (Å²) in [4.78, 5) is 26.6. The normalized spacial score (nSPS) is 17.6. The number of nitrogens with one attached hydrogen (secondary N) is 3. The van der Waals surface area contributed by atoms with Crippen LogP contribution in [0, 0.1) is 18.8 Å². The van der Waals surface area contributed by atoms with Crippen LogP contribution in [0.4, 0.5) is 5.69 Å². The molecule has 1 saturated heterocycles. The van der Waals surface area contributed by atoms with Crippen molar-refractivity contribution in [2.75, 3.05) is 18.9 Å². The van der Waals surface area contributed by atoms with Gasteiger partial charge in [0, 0.05) is 48.4 Å². The fourth-order valence-corrected chi connectivity index (χ4v) is 3.99. The van der Waals surface area contributed by atoms with Crippen molar-refractivity contribution in [1.29, 1.82) is 0 Å². The number of aromatic amines is 2. The van der Waals surface area contributed by atoms with Crippen molar-refractivity contribution >= 4 is 28.4 Å². The summed E-state index contributed by atoms with van der Waals surface area (Å²) < 4.78 is 0. The highest BCUT2D eigenvalue weighted by atomic mass is 16.3. The minimum atomic E-state index is -1.67. The molecule has 1 fully saturated rings. The Bertz CT molecular complexity index is 1490. The van der Waals surface area contributed by atoms with Crippen molar-refractivity contribution in [3.05, 3.63) is 65.5 Å². The van der Waals surface area contributed by atoms with Crippen LogP contribution in [-0.4, -0.2) is 61.4 Å². The number of amides is 2. The molecule has 2 aromatic heterocycles. The van der Waals surface area contributed by atoms with Gasteiger partial charge in [0.05, 0.1) is 11.2 Å². The molecule has 4 aromatic rings. The zero-order chi connectivity index (χ0) is 23.9. The molecule has 5 rings (SSSR count). The Hall–Kier alpha value is -4.42. The molecule has 0 aliphatic carbocycles. The first kappa shape index (κ1) is 21.4. The second-order valence-electron chi connectivity index (χ2n) is 8.37. The molecule has 9 nitrogen and oxygen atoms in total. The number of hydrogen-bond acceptors (Lipinski definition) is 5. The van der Waals surface area contributed by atoms with Crippen LogP contribution in [0.3, 0.4) is 0 Å². The lowest BCUT2D eigenvalue weighted by Crippen LogP contribution is -2.37. The van der Waals surface area contributed by atoms with Crippen LogP contribution in [0.1, 0.15) is 28.0 Å². The van der Waals surface area contributed by atoms with Gasteiger partial charge in [0.1, 0.15) is 0 Å². The van der Waals surface area contributed by atoms with E-state index in [9.17, 15) is 14.7 Å². The van der Waals surface area contributed by atoms with Gasteiger partial charge in [-0.2, -0.15) is 10.2 Å². The van der Waals surface area contributed by atoms with Crippen molar-refractivity contribution in [1.82, 2.24) is 25.3 Å². The molecule has 1 atom stereocenters. The van der Waals surface area contributed by atoms with Crippen LogP contribution in [0.5, 0.6) is 0 Å².